The summed E-state index contributed by atoms with van der Waals surface area (Å²) in [5.41, 5.74) is 2.62. The van der Waals surface area contributed by atoms with E-state index in [0.717, 1.165) is 0 Å². The fourth-order valence-corrected chi connectivity index (χ4v) is 1.28. The number of carbonyl (C=O) groups is 2. The largest absolute Gasteiger partial charge is 0.394 e. The second kappa shape index (κ2) is 7.75. The first kappa shape index (κ1) is 13.6. The predicted octanol–water partition coefficient (Wildman–Crippen LogP) is -1.23. The van der Waals surface area contributed by atoms with Crippen LogP contribution in [0.4, 0.5) is 0 Å². The van der Waals surface area contributed by atoms with E-state index in [1.807, 2.05) is 0 Å². The first-order valence-corrected chi connectivity index (χ1v) is 5.56. The Balaban J connectivity index is 2.11. The van der Waals surface area contributed by atoms with Crippen molar-refractivity contribution in [1.82, 2.24) is 10.7 Å². The van der Waals surface area contributed by atoms with Crippen molar-refractivity contribution in [3.05, 3.63) is 0 Å². The van der Waals surface area contributed by atoms with Crippen LogP contribution in [0.3, 0.4) is 0 Å². The molecular weight excluding hydrogens is 226 g/mol. The van der Waals surface area contributed by atoms with Gasteiger partial charge in [-0.3, -0.25) is 9.59 Å². The van der Waals surface area contributed by atoms with Gasteiger partial charge in [-0.05, 0) is 6.42 Å². The topological polar surface area (TPSA) is 100 Å². The Labute approximate surface area is 99.2 Å². The monoisotopic (exact) mass is 243 g/mol. The van der Waals surface area contributed by atoms with E-state index in [9.17, 15) is 9.59 Å². The van der Waals surface area contributed by atoms with Crippen LogP contribution in [-0.4, -0.2) is 49.0 Å². The molecule has 0 aromatic carbocycles. The van der Waals surface area contributed by atoms with Crippen molar-refractivity contribution in [2.45, 2.75) is 19.3 Å². The van der Waals surface area contributed by atoms with Gasteiger partial charge in [0.25, 0.3) is 5.91 Å². The quantitative estimate of drug-likeness (QED) is 0.487. The van der Waals surface area contributed by atoms with Crippen LogP contribution in [0, 0.1) is 0 Å². The van der Waals surface area contributed by atoms with Gasteiger partial charge in [-0.1, -0.05) is 0 Å². The lowest BCUT2D eigenvalue weighted by Crippen LogP contribution is -2.37. The number of hydrogen-bond donors (Lipinski definition) is 3. The Morgan fingerprint density at radius 1 is 1.47 bits per heavy atom. The van der Waals surface area contributed by atoms with Crippen molar-refractivity contribution in [1.29, 1.82) is 0 Å². The normalized spacial score (nSPS) is 15.1. The summed E-state index contributed by atoms with van der Waals surface area (Å²) in [6.07, 6.45) is 1.34. The molecule has 2 amide bonds. The molecule has 0 radical (unpaired) electrons. The molecule has 0 aromatic heterocycles. The standard InChI is InChI=1S/C10H17N3O4/c14-5-7-17-6-1-4-11-10(16)8-2-3-9(15)13-12-8/h14H,1-7H2,(H,11,16)(H,13,15). The average Bonchev–Trinajstić information content (AvgIpc) is 2.34. The zero-order chi connectivity index (χ0) is 12.5. The highest BCUT2D eigenvalue weighted by atomic mass is 16.5. The zero-order valence-electron chi connectivity index (χ0n) is 9.57. The number of hydrazone groups is 1. The molecule has 0 aromatic rings. The SMILES string of the molecule is O=C1CCC(C(=O)NCCCOCCO)=NN1. The lowest BCUT2D eigenvalue weighted by molar-refractivity contribution is -0.121. The van der Waals surface area contributed by atoms with Crippen LogP contribution in [0.25, 0.3) is 0 Å². The maximum Gasteiger partial charge on any atom is 0.267 e. The van der Waals surface area contributed by atoms with Crippen LogP contribution in [0.15, 0.2) is 5.10 Å². The smallest absolute Gasteiger partial charge is 0.267 e. The first-order chi connectivity index (χ1) is 8.24. The van der Waals surface area contributed by atoms with Gasteiger partial charge in [0.2, 0.25) is 5.91 Å². The van der Waals surface area contributed by atoms with E-state index < -0.39 is 0 Å². The number of amides is 2. The molecule has 7 nitrogen and oxygen atoms in total. The molecule has 0 saturated carbocycles. The molecule has 1 aliphatic heterocycles. The third-order valence-electron chi connectivity index (χ3n) is 2.15. The second-order valence-electron chi connectivity index (χ2n) is 3.54. The highest BCUT2D eigenvalue weighted by molar-refractivity contribution is 6.39. The highest BCUT2D eigenvalue weighted by Crippen LogP contribution is 1.99. The highest BCUT2D eigenvalue weighted by Gasteiger charge is 2.17. The molecule has 1 heterocycles. The molecule has 0 spiro atoms. The fraction of sp³-hybridized carbons (Fsp3) is 0.700. The molecule has 1 rings (SSSR count). The van der Waals surface area contributed by atoms with Crippen molar-refractivity contribution in [2.75, 3.05) is 26.4 Å². The van der Waals surface area contributed by atoms with Gasteiger partial charge >= 0.3 is 0 Å². The second-order valence-corrected chi connectivity index (χ2v) is 3.54. The summed E-state index contributed by atoms with van der Waals surface area (Å²) < 4.78 is 5.04. The summed E-state index contributed by atoms with van der Waals surface area (Å²) in [6.45, 7) is 1.29. The van der Waals surface area contributed by atoms with E-state index in [0.29, 0.717) is 44.7 Å². The Hall–Kier alpha value is -1.47. The molecule has 7 heteroatoms. The molecule has 0 bridgehead atoms. The number of aliphatic hydroxyl groups excluding tert-OH is 1. The van der Waals surface area contributed by atoms with Gasteiger partial charge in [0, 0.05) is 26.0 Å². The minimum atomic E-state index is -0.257. The summed E-state index contributed by atoms with van der Waals surface area (Å²) in [4.78, 5) is 22.3. The lowest BCUT2D eigenvalue weighted by atomic mass is 10.1. The molecule has 0 saturated heterocycles. The first-order valence-electron chi connectivity index (χ1n) is 5.56. The molecule has 1 aliphatic rings. The van der Waals surface area contributed by atoms with E-state index in [2.05, 4.69) is 15.8 Å². The number of carbonyl (C=O) groups excluding carboxylic acids is 2. The summed E-state index contributed by atoms with van der Waals surface area (Å²) in [5.74, 6) is -0.425. The molecule has 17 heavy (non-hydrogen) atoms. The van der Waals surface area contributed by atoms with Gasteiger partial charge in [-0.2, -0.15) is 5.10 Å². The van der Waals surface area contributed by atoms with Gasteiger partial charge < -0.3 is 15.2 Å². The van der Waals surface area contributed by atoms with E-state index in [4.69, 9.17) is 9.84 Å². The Morgan fingerprint density at radius 2 is 2.29 bits per heavy atom. The van der Waals surface area contributed by atoms with Gasteiger partial charge in [0.1, 0.15) is 5.71 Å². The fourth-order valence-electron chi connectivity index (χ4n) is 1.28. The van der Waals surface area contributed by atoms with Crippen LogP contribution in [0.5, 0.6) is 0 Å². The molecular formula is C10H17N3O4. The van der Waals surface area contributed by atoms with Crippen molar-refractivity contribution in [3.8, 4) is 0 Å². The molecule has 0 atom stereocenters. The maximum absolute atomic E-state index is 11.5. The van der Waals surface area contributed by atoms with Gasteiger partial charge in [-0.25, -0.2) is 5.43 Å². The van der Waals surface area contributed by atoms with E-state index in [1.165, 1.54) is 0 Å². The number of nitrogens with one attached hydrogen (secondary N) is 2. The third-order valence-corrected chi connectivity index (χ3v) is 2.15. The van der Waals surface area contributed by atoms with Gasteiger partial charge in [0.05, 0.1) is 13.2 Å². The van der Waals surface area contributed by atoms with Crippen molar-refractivity contribution in [2.24, 2.45) is 5.10 Å². The summed E-state index contributed by atoms with van der Waals surface area (Å²) in [7, 11) is 0. The third kappa shape index (κ3) is 5.41. The summed E-state index contributed by atoms with van der Waals surface area (Å²) in [5, 5.41) is 14.8. The minimum absolute atomic E-state index is 0.00284. The number of aliphatic hydroxyl groups is 1. The van der Waals surface area contributed by atoms with Crippen LogP contribution >= 0.6 is 0 Å². The van der Waals surface area contributed by atoms with Crippen LogP contribution in [0.2, 0.25) is 0 Å². The van der Waals surface area contributed by atoms with Crippen LogP contribution < -0.4 is 10.7 Å². The average molecular weight is 243 g/mol. The maximum atomic E-state index is 11.5. The van der Waals surface area contributed by atoms with Crippen molar-refractivity contribution >= 4 is 17.5 Å². The van der Waals surface area contributed by atoms with Gasteiger partial charge in [0.15, 0.2) is 0 Å². The van der Waals surface area contributed by atoms with Crippen molar-refractivity contribution in [3.63, 3.8) is 0 Å². The molecule has 0 aliphatic carbocycles. The molecule has 3 N–H and O–H groups in total. The minimum Gasteiger partial charge on any atom is -0.394 e. The Morgan fingerprint density at radius 3 is 2.94 bits per heavy atom. The lowest BCUT2D eigenvalue weighted by Gasteiger charge is -2.11. The number of hydrogen-bond acceptors (Lipinski definition) is 5. The molecule has 0 unspecified atom stereocenters. The molecule has 0 fully saturated rings. The van der Waals surface area contributed by atoms with E-state index >= 15 is 0 Å². The number of nitrogens with zero attached hydrogens (tertiary/aromatic N) is 1. The zero-order valence-corrected chi connectivity index (χ0v) is 9.57. The molecule has 96 valence electrons. The van der Waals surface area contributed by atoms with Crippen LogP contribution in [-0.2, 0) is 14.3 Å². The number of rotatable bonds is 7. The predicted molar refractivity (Wildman–Crippen MR) is 60.3 cm³/mol. The number of ether oxygens (including phenoxy) is 1. The van der Waals surface area contributed by atoms with Gasteiger partial charge in [-0.15, -0.1) is 0 Å². The van der Waals surface area contributed by atoms with E-state index in [-0.39, 0.29) is 18.4 Å². The summed E-state index contributed by atoms with van der Waals surface area (Å²) >= 11 is 0. The summed E-state index contributed by atoms with van der Waals surface area (Å²) in [6, 6.07) is 0. The van der Waals surface area contributed by atoms with E-state index in [1.54, 1.807) is 0 Å². The Bertz CT molecular complexity index is 304. The van der Waals surface area contributed by atoms with Crippen molar-refractivity contribution < 1.29 is 19.4 Å². The Kier molecular flexibility index (Phi) is 6.19. The van der Waals surface area contributed by atoms with Crippen LogP contribution in [0.1, 0.15) is 19.3 Å².